The van der Waals surface area contributed by atoms with Gasteiger partial charge in [-0.2, -0.15) is 0 Å². The number of furan rings is 1. The number of aliphatic hydroxyl groups excluding tert-OH is 3. The molecule has 41 heavy (non-hydrogen) atoms. The third kappa shape index (κ3) is 5.73. The summed E-state index contributed by atoms with van der Waals surface area (Å²) in [7, 11) is 0. The minimum Gasteiger partial charge on any atom is -0.489 e. The number of hydrogen-bond donors (Lipinski definition) is 4. The van der Waals surface area contributed by atoms with E-state index >= 15 is 0 Å². The van der Waals surface area contributed by atoms with Gasteiger partial charge in [-0.1, -0.05) is 0 Å². The number of rotatable bonds is 9. The Bertz CT molecular complexity index is 1630. The van der Waals surface area contributed by atoms with Crippen LogP contribution in [0.5, 0.6) is 11.5 Å². The third-order valence-corrected chi connectivity index (χ3v) is 6.86. The molecule has 1 unspecified atom stereocenters. The molecule has 13 heteroatoms. The predicted octanol–water partition coefficient (Wildman–Crippen LogP) is 1.22. The molecule has 5 rings (SSSR count). The van der Waals surface area contributed by atoms with E-state index in [2.05, 4.69) is 0 Å². The van der Waals surface area contributed by atoms with Crippen LogP contribution in [0, 0.1) is 6.92 Å². The van der Waals surface area contributed by atoms with Gasteiger partial charge >= 0.3 is 5.63 Å². The summed E-state index contributed by atoms with van der Waals surface area (Å²) in [5.41, 5.74) is -2.08. The molecule has 1 aliphatic heterocycles. The first-order valence-corrected chi connectivity index (χ1v) is 12.8. The van der Waals surface area contributed by atoms with Crippen LogP contribution in [0.2, 0.25) is 0 Å². The van der Waals surface area contributed by atoms with Crippen molar-refractivity contribution in [3.05, 3.63) is 69.3 Å². The lowest BCUT2D eigenvalue weighted by molar-refractivity contribution is -0.305. The van der Waals surface area contributed by atoms with Gasteiger partial charge in [-0.3, -0.25) is 4.79 Å². The van der Waals surface area contributed by atoms with E-state index in [-0.39, 0.29) is 23.7 Å². The van der Waals surface area contributed by atoms with Crippen LogP contribution in [0.25, 0.3) is 21.9 Å². The van der Waals surface area contributed by atoms with Gasteiger partial charge in [-0.25, -0.2) is 4.79 Å². The first-order chi connectivity index (χ1) is 19.5. The number of ether oxygens (including phenoxy) is 4. The summed E-state index contributed by atoms with van der Waals surface area (Å²) in [6, 6.07) is 7.12. The molecule has 4 aromatic rings. The molecular formula is C28H30O13. The Labute approximate surface area is 232 Å². The van der Waals surface area contributed by atoms with E-state index in [0.29, 0.717) is 22.1 Å². The Morgan fingerprint density at radius 1 is 0.976 bits per heavy atom. The van der Waals surface area contributed by atoms with Crippen molar-refractivity contribution >= 4 is 21.9 Å². The molecule has 1 aromatic carbocycles. The van der Waals surface area contributed by atoms with Crippen molar-refractivity contribution in [3.63, 3.8) is 0 Å². The van der Waals surface area contributed by atoms with Crippen LogP contribution in [0.1, 0.15) is 19.6 Å². The number of aliphatic hydroxyl groups is 4. The van der Waals surface area contributed by atoms with Gasteiger partial charge in [-0.05, 0) is 32.9 Å². The number of hydrogen-bond acceptors (Lipinski definition) is 13. The minimum atomic E-state index is -1.67. The number of fused-ring (bicyclic) bond motifs is 2. The zero-order chi connectivity index (χ0) is 29.5. The molecule has 1 aliphatic rings. The van der Waals surface area contributed by atoms with Gasteiger partial charge in [0.1, 0.15) is 59.8 Å². The fraction of sp³-hybridized carbons (Fsp3) is 0.429. The second kappa shape index (κ2) is 11.3. The molecular weight excluding hydrogens is 544 g/mol. The molecule has 0 saturated carbocycles. The SMILES string of the molecule is Cc1occc(=O)c1O[C@@H]1O[C@H](CO)[C@@H](O)[C@H](O)[C@H]1OC(COc1c2ccoc2cc2oc(=O)ccc12)C(C)(C)O. The van der Waals surface area contributed by atoms with Crippen molar-refractivity contribution in [1.29, 1.82) is 0 Å². The standard InChI is InChI=1S/C28H30O13/c1-13-24(16(30)7-9-35-13)41-27-26(23(33)22(32)19(11-29)39-27)40-20(28(2,3)34)12-37-25-14-4-5-21(31)38-18(14)10-17-15(25)6-8-36-17/h4-10,19-20,22-23,26-27,29,32-34H,11-12H2,1-3H3/t19-,20?,22-,23+,26-,27+/m1/s1. The van der Waals surface area contributed by atoms with Gasteiger partial charge in [0.15, 0.2) is 0 Å². The Balaban J connectivity index is 1.46. The molecule has 0 amide bonds. The monoisotopic (exact) mass is 574 g/mol. The molecule has 4 heterocycles. The van der Waals surface area contributed by atoms with Crippen molar-refractivity contribution in [2.24, 2.45) is 0 Å². The molecule has 0 aliphatic carbocycles. The summed E-state index contributed by atoms with van der Waals surface area (Å²) in [6.07, 6.45) is -6.05. The predicted molar refractivity (Wildman–Crippen MR) is 141 cm³/mol. The molecule has 0 spiro atoms. The molecule has 13 nitrogen and oxygen atoms in total. The zero-order valence-electron chi connectivity index (χ0n) is 22.4. The largest absolute Gasteiger partial charge is 0.489 e. The minimum absolute atomic E-state index is 0.120. The highest BCUT2D eigenvalue weighted by atomic mass is 16.7. The maximum absolute atomic E-state index is 12.4. The molecule has 0 radical (unpaired) electrons. The van der Waals surface area contributed by atoms with Crippen molar-refractivity contribution in [2.75, 3.05) is 13.2 Å². The topological polar surface area (TPSA) is 191 Å². The van der Waals surface area contributed by atoms with Crippen LogP contribution in [-0.4, -0.2) is 76.1 Å². The first-order valence-electron chi connectivity index (χ1n) is 12.8. The first kappa shape index (κ1) is 28.8. The van der Waals surface area contributed by atoms with Crippen LogP contribution in [0.4, 0.5) is 0 Å². The number of aryl methyl sites for hydroxylation is 1. The molecule has 1 fully saturated rings. The lowest BCUT2D eigenvalue weighted by Gasteiger charge is -2.44. The van der Waals surface area contributed by atoms with Crippen molar-refractivity contribution in [1.82, 2.24) is 0 Å². The van der Waals surface area contributed by atoms with E-state index in [4.69, 9.17) is 32.2 Å². The van der Waals surface area contributed by atoms with E-state index in [0.717, 1.165) is 6.07 Å². The molecule has 1 saturated heterocycles. The summed E-state index contributed by atoms with van der Waals surface area (Å²) in [4.78, 5) is 24.2. The van der Waals surface area contributed by atoms with Gasteiger partial charge in [-0.15, -0.1) is 0 Å². The lowest BCUT2D eigenvalue weighted by atomic mass is 9.97. The van der Waals surface area contributed by atoms with Crippen molar-refractivity contribution < 1.29 is 52.6 Å². The Morgan fingerprint density at radius 3 is 2.41 bits per heavy atom. The third-order valence-electron chi connectivity index (χ3n) is 6.86. The van der Waals surface area contributed by atoms with E-state index < -0.39 is 60.1 Å². The summed E-state index contributed by atoms with van der Waals surface area (Å²) in [5.74, 6) is 0.191. The van der Waals surface area contributed by atoms with E-state index in [1.54, 1.807) is 12.1 Å². The number of benzene rings is 1. The Morgan fingerprint density at radius 2 is 1.71 bits per heavy atom. The van der Waals surface area contributed by atoms with Crippen LogP contribution < -0.4 is 20.5 Å². The fourth-order valence-electron chi connectivity index (χ4n) is 4.58. The molecule has 0 bridgehead atoms. The van der Waals surface area contributed by atoms with E-state index in [1.807, 2.05) is 0 Å². The molecule has 220 valence electrons. The molecule has 3 aromatic heterocycles. The lowest BCUT2D eigenvalue weighted by Crippen LogP contribution is -2.63. The second-order valence-corrected chi connectivity index (χ2v) is 10.3. The maximum Gasteiger partial charge on any atom is 0.336 e. The Kier molecular flexibility index (Phi) is 7.92. The van der Waals surface area contributed by atoms with Gasteiger partial charge in [0.05, 0.1) is 35.5 Å². The average Bonchev–Trinajstić information content (AvgIpc) is 3.38. The van der Waals surface area contributed by atoms with E-state index in [9.17, 15) is 30.0 Å². The van der Waals surface area contributed by atoms with Crippen LogP contribution in [0.15, 0.2) is 65.7 Å². The highest BCUT2D eigenvalue weighted by molar-refractivity contribution is 6.01. The summed E-state index contributed by atoms with van der Waals surface area (Å²) in [6.45, 7) is 3.42. The Hall–Kier alpha value is -3.72. The summed E-state index contributed by atoms with van der Waals surface area (Å²) >= 11 is 0. The summed E-state index contributed by atoms with van der Waals surface area (Å²) in [5, 5.41) is 43.3. The van der Waals surface area contributed by atoms with Gasteiger partial charge < -0.3 is 52.6 Å². The van der Waals surface area contributed by atoms with Crippen LogP contribution in [0.3, 0.4) is 0 Å². The summed E-state index contributed by atoms with van der Waals surface area (Å²) < 4.78 is 39.6. The van der Waals surface area contributed by atoms with Crippen molar-refractivity contribution in [3.8, 4) is 11.5 Å². The van der Waals surface area contributed by atoms with Gasteiger partial charge in [0.2, 0.25) is 17.5 Å². The fourth-order valence-corrected chi connectivity index (χ4v) is 4.58. The van der Waals surface area contributed by atoms with Crippen molar-refractivity contribution in [2.45, 2.75) is 63.2 Å². The van der Waals surface area contributed by atoms with Gasteiger partial charge in [0.25, 0.3) is 0 Å². The highest BCUT2D eigenvalue weighted by Crippen LogP contribution is 2.36. The zero-order valence-corrected chi connectivity index (χ0v) is 22.4. The second-order valence-electron chi connectivity index (χ2n) is 10.3. The normalized spacial score (nSPS) is 24.0. The maximum atomic E-state index is 12.4. The highest BCUT2D eigenvalue weighted by Gasteiger charge is 2.49. The molecule has 4 N–H and O–H groups in total. The van der Waals surface area contributed by atoms with E-state index in [1.165, 1.54) is 45.4 Å². The quantitative estimate of drug-likeness (QED) is 0.209. The molecule has 6 atom stereocenters. The van der Waals surface area contributed by atoms with Crippen LogP contribution in [-0.2, 0) is 9.47 Å². The van der Waals surface area contributed by atoms with Gasteiger partial charge in [0, 0.05) is 18.2 Å². The smallest absolute Gasteiger partial charge is 0.336 e. The van der Waals surface area contributed by atoms with Crippen LogP contribution >= 0.6 is 0 Å². The average molecular weight is 575 g/mol.